The summed E-state index contributed by atoms with van der Waals surface area (Å²) in [6.07, 6.45) is 8.33. The van der Waals surface area contributed by atoms with Crippen molar-refractivity contribution in [1.82, 2.24) is 0 Å². The van der Waals surface area contributed by atoms with Crippen molar-refractivity contribution in [1.29, 1.82) is 0 Å². The molecule has 3 atom stereocenters. The van der Waals surface area contributed by atoms with E-state index in [-0.39, 0.29) is 28.2 Å². The molecule has 3 aliphatic rings. The maximum atomic E-state index is 12.8. The number of halogens is 1. The fraction of sp³-hybridized carbons (Fsp3) is 0.636. The summed E-state index contributed by atoms with van der Waals surface area (Å²) in [6.45, 7) is 9.23. The number of carbonyl (C=O) groups excluding carboxylic acids is 2. The topological polar surface area (TPSA) is 43.4 Å². The lowest BCUT2D eigenvalue weighted by Crippen LogP contribution is -2.47. The molecule has 2 fully saturated rings. The Morgan fingerprint density at radius 2 is 1.85 bits per heavy atom. The van der Waals surface area contributed by atoms with Gasteiger partial charge in [-0.25, -0.2) is 0 Å². The van der Waals surface area contributed by atoms with Gasteiger partial charge in [-0.1, -0.05) is 45.7 Å². The van der Waals surface area contributed by atoms with Crippen molar-refractivity contribution in [2.45, 2.75) is 59.8 Å². The number of Topliss-reactive ketones (excluding diaryl/α,β-unsaturated/α-hetero) is 1. The minimum Gasteiger partial charge on any atom is -0.492 e. The van der Waals surface area contributed by atoms with E-state index in [9.17, 15) is 9.59 Å². The van der Waals surface area contributed by atoms with Gasteiger partial charge in [-0.2, -0.15) is 0 Å². The fourth-order valence-corrected chi connectivity index (χ4v) is 6.32. The van der Waals surface area contributed by atoms with Crippen LogP contribution in [0, 0.1) is 22.7 Å². The maximum absolute atomic E-state index is 12.8. The Kier molecular flexibility index (Phi) is 4.98. The van der Waals surface area contributed by atoms with Crippen LogP contribution in [0.4, 0.5) is 0 Å². The third kappa shape index (κ3) is 2.98. The van der Waals surface area contributed by atoms with Crippen molar-refractivity contribution >= 4 is 23.2 Å². The number of hydrogen-bond donors (Lipinski definition) is 0. The molecule has 0 aliphatic heterocycles. The molecule has 3 nitrogen and oxygen atoms in total. The van der Waals surface area contributed by atoms with Gasteiger partial charge in [-0.3, -0.25) is 9.59 Å². The highest BCUT2D eigenvalue weighted by Crippen LogP contribution is 2.62. The molecule has 26 heavy (non-hydrogen) atoms. The van der Waals surface area contributed by atoms with Gasteiger partial charge in [0.2, 0.25) is 5.78 Å². The Balaban J connectivity index is 2.12. The summed E-state index contributed by atoms with van der Waals surface area (Å²) in [5.74, 6) is 0.372. The van der Waals surface area contributed by atoms with Gasteiger partial charge < -0.3 is 4.74 Å². The van der Waals surface area contributed by atoms with Crippen LogP contribution in [0.3, 0.4) is 0 Å². The number of ketones is 2. The Morgan fingerprint density at radius 3 is 2.50 bits per heavy atom. The molecule has 0 spiro atoms. The van der Waals surface area contributed by atoms with E-state index < -0.39 is 0 Å². The van der Waals surface area contributed by atoms with E-state index in [1.54, 1.807) is 0 Å². The molecule has 0 heterocycles. The summed E-state index contributed by atoms with van der Waals surface area (Å²) in [4.78, 5) is 24.8. The molecule has 0 radical (unpaired) electrons. The van der Waals surface area contributed by atoms with Crippen molar-refractivity contribution in [3.8, 4) is 0 Å². The standard InChI is InChI=1S/C22H29ClO3/c1-13-7-8-17-21(2,3)9-6-10-22(17,4)18(13)19(23)15-11-14(24)12-16(26-5)20(15)25/h11-13,17H,6-10H2,1-5H3/t13-,17-,22-/m0/s1. The van der Waals surface area contributed by atoms with Crippen molar-refractivity contribution in [2.24, 2.45) is 22.7 Å². The monoisotopic (exact) mass is 376 g/mol. The SMILES string of the molecule is COC1=CC(=O)C=C(C(Cl)=C2[C@@H](C)CC[C@H]3C(C)(C)CCC[C@]23C)C1=O. The average molecular weight is 377 g/mol. The second kappa shape index (κ2) is 6.67. The Bertz CT molecular complexity index is 740. The van der Waals surface area contributed by atoms with Gasteiger partial charge in [0.05, 0.1) is 12.1 Å². The van der Waals surface area contributed by atoms with E-state index >= 15 is 0 Å². The maximum Gasteiger partial charge on any atom is 0.229 e. The molecule has 0 saturated heterocycles. The summed E-state index contributed by atoms with van der Waals surface area (Å²) in [5, 5.41) is 0.475. The summed E-state index contributed by atoms with van der Waals surface area (Å²) in [7, 11) is 1.41. The van der Waals surface area contributed by atoms with Gasteiger partial charge in [-0.05, 0) is 60.0 Å². The predicted molar refractivity (Wildman–Crippen MR) is 104 cm³/mol. The molecule has 0 aromatic carbocycles. The van der Waals surface area contributed by atoms with E-state index in [4.69, 9.17) is 16.3 Å². The minimum atomic E-state index is -0.294. The zero-order chi connectivity index (χ0) is 19.3. The normalized spacial score (nSPS) is 36.1. The first-order valence-electron chi connectivity index (χ1n) is 9.58. The zero-order valence-electron chi connectivity index (χ0n) is 16.4. The molecule has 0 amide bonds. The Morgan fingerprint density at radius 1 is 1.15 bits per heavy atom. The molecule has 0 bridgehead atoms. The molecule has 0 aromatic rings. The Hall–Kier alpha value is -1.35. The highest BCUT2D eigenvalue weighted by molar-refractivity contribution is 6.38. The third-order valence-electron chi connectivity index (χ3n) is 6.95. The summed E-state index contributed by atoms with van der Waals surface area (Å²) >= 11 is 6.87. The molecular weight excluding hydrogens is 348 g/mol. The summed E-state index contributed by atoms with van der Waals surface area (Å²) in [5.41, 5.74) is 1.68. The highest BCUT2D eigenvalue weighted by atomic mass is 35.5. The number of methoxy groups -OCH3 is 1. The molecular formula is C22H29ClO3. The number of hydrogen-bond acceptors (Lipinski definition) is 3. The van der Waals surface area contributed by atoms with Gasteiger partial charge in [0.25, 0.3) is 0 Å². The number of rotatable bonds is 2. The third-order valence-corrected chi connectivity index (χ3v) is 7.35. The molecule has 0 N–H and O–H groups in total. The largest absolute Gasteiger partial charge is 0.492 e. The van der Waals surface area contributed by atoms with Crippen molar-refractivity contribution < 1.29 is 14.3 Å². The quantitative estimate of drug-likeness (QED) is 0.610. The van der Waals surface area contributed by atoms with E-state index in [1.165, 1.54) is 32.1 Å². The van der Waals surface area contributed by atoms with Crippen LogP contribution in [-0.2, 0) is 14.3 Å². The van der Waals surface area contributed by atoms with Crippen LogP contribution in [0.25, 0.3) is 0 Å². The van der Waals surface area contributed by atoms with Gasteiger partial charge in [-0.15, -0.1) is 0 Å². The van der Waals surface area contributed by atoms with Crippen LogP contribution in [-0.4, -0.2) is 18.7 Å². The lowest BCUT2D eigenvalue weighted by molar-refractivity contribution is -0.117. The average Bonchev–Trinajstić information content (AvgIpc) is 2.55. The van der Waals surface area contributed by atoms with Crippen LogP contribution < -0.4 is 0 Å². The number of fused-ring (bicyclic) bond motifs is 1. The molecule has 2 saturated carbocycles. The van der Waals surface area contributed by atoms with E-state index in [0.717, 1.165) is 24.8 Å². The number of allylic oxidation sites excluding steroid dienone is 5. The van der Waals surface area contributed by atoms with Crippen LogP contribution in [0.5, 0.6) is 0 Å². The predicted octanol–water partition coefficient (Wildman–Crippen LogP) is 5.35. The molecule has 3 rings (SSSR count). The van der Waals surface area contributed by atoms with Crippen molar-refractivity contribution in [3.63, 3.8) is 0 Å². The van der Waals surface area contributed by atoms with Crippen LogP contribution >= 0.6 is 11.6 Å². The van der Waals surface area contributed by atoms with Crippen molar-refractivity contribution in [3.05, 3.63) is 34.1 Å². The van der Waals surface area contributed by atoms with Crippen LogP contribution in [0.2, 0.25) is 0 Å². The first kappa shape index (κ1) is 19.4. The molecule has 0 unspecified atom stereocenters. The second-order valence-corrected chi connectivity index (χ2v) is 9.40. The summed E-state index contributed by atoms with van der Waals surface area (Å²) in [6, 6.07) is 0. The molecule has 4 heteroatoms. The first-order valence-corrected chi connectivity index (χ1v) is 9.96. The van der Waals surface area contributed by atoms with Crippen LogP contribution in [0.15, 0.2) is 34.1 Å². The first-order chi connectivity index (χ1) is 12.1. The van der Waals surface area contributed by atoms with Gasteiger partial charge >= 0.3 is 0 Å². The summed E-state index contributed by atoms with van der Waals surface area (Å²) < 4.78 is 5.10. The molecule has 142 valence electrons. The molecule has 3 aliphatic carbocycles. The van der Waals surface area contributed by atoms with E-state index in [2.05, 4.69) is 27.7 Å². The zero-order valence-corrected chi connectivity index (χ0v) is 17.2. The second-order valence-electron chi connectivity index (χ2n) is 9.02. The van der Waals surface area contributed by atoms with Crippen LogP contribution in [0.1, 0.15) is 59.8 Å². The van der Waals surface area contributed by atoms with Crippen molar-refractivity contribution in [2.75, 3.05) is 7.11 Å². The van der Waals surface area contributed by atoms with Gasteiger partial charge in [0, 0.05) is 11.6 Å². The lowest BCUT2D eigenvalue weighted by atomic mass is 9.48. The van der Waals surface area contributed by atoms with Gasteiger partial charge in [0.15, 0.2) is 11.5 Å². The lowest BCUT2D eigenvalue weighted by Gasteiger charge is -2.56. The molecule has 0 aromatic heterocycles. The fourth-order valence-electron chi connectivity index (χ4n) is 5.78. The van der Waals surface area contributed by atoms with E-state index in [1.807, 2.05) is 0 Å². The Labute approximate surface area is 161 Å². The minimum absolute atomic E-state index is 0.0327. The number of ether oxygens (including phenoxy) is 1. The smallest absolute Gasteiger partial charge is 0.229 e. The number of carbonyl (C=O) groups is 2. The van der Waals surface area contributed by atoms with Gasteiger partial charge in [0.1, 0.15) is 0 Å². The van der Waals surface area contributed by atoms with E-state index in [0.29, 0.717) is 22.4 Å². The highest BCUT2D eigenvalue weighted by Gasteiger charge is 2.52.